The molecule has 0 saturated heterocycles. The zero-order chi connectivity index (χ0) is 16.8. The lowest BCUT2D eigenvalue weighted by atomic mass is 9.86. The fourth-order valence-electron chi connectivity index (χ4n) is 2.78. The number of carboxylic acid groups (broad SMARTS) is 1. The van der Waals surface area contributed by atoms with Crippen LogP contribution in [0.1, 0.15) is 31.2 Å². The van der Waals surface area contributed by atoms with Gasteiger partial charge in [0.05, 0.1) is 13.0 Å². The van der Waals surface area contributed by atoms with E-state index in [1.165, 1.54) is 0 Å². The summed E-state index contributed by atoms with van der Waals surface area (Å²) < 4.78 is 6.19. The van der Waals surface area contributed by atoms with E-state index >= 15 is 0 Å². The Balaban J connectivity index is 1.80. The number of aliphatic carboxylic acids is 1. The average molecular weight is 385 g/mol. The van der Waals surface area contributed by atoms with Crippen LogP contribution in [0.4, 0.5) is 4.79 Å². The van der Waals surface area contributed by atoms with Crippen LogP contribution in [-0.2, 0) is 11.3 Å². The van der Waals surface area contributed by atoms with Crippen LogP contribution in [0.25, 0.3) is 0 Å². The molecule has 1 aliphatic rings. The highest BCUT2D eigenvalue weighted by Gasteiger charge is 2.26. The van der Waals surface area contributed by atoms with E-state index in [0.717, 1.165) is 15.8 Å². The first-order valence-electron chi connectivity index (χ1n) is 7.59. The summed E-state index contributed by atoms with van der Waals surface area (Å²) in [6, 6.07) is 5.41. The van der Waals surface area contributed by atoms with Crippen molar-refractivity contribution in [3.05, 3.63) is 28.2 Å². The Morgan fingerprint density at radius 3 is 2.61 bits per heavy atom. The maximum absolute atomic E-state index is 12.0. The standard InChI is InChI=1S/C16H21BrN2O4/c1-23-14-7-4-12(17)8-11(14)9-18-16(22)19-13-5-2-10(3-6-13)15(20)21/h4,7-8,10,13H,2-3,5-6,9H2,1H3,(H,20,21)(H2,18,19,22). The van der Waals surface area contributed by atoms with Gasteiger partial charge in [-0.1, -0.05) is 15.9 Å². The maximum Gasteiger partial charge on any atom is 0.315 e. The molecule has 0 bridgehead atoms. The van der Waals surface area contributed by atoms with E-state index in [4.69, 9.17) is 9.84 Å². The quantitative estimate of drug-likeness (QED) is 0.728. The molecule has 126 valence electrons. The Morgan fingerprint density at radius 1 is 1.30 bits per heavy atom. The SMILES string of the molecule is COc1ccc(Br)cc1CNC(=O)NC1CCC(C(=O)O)CC1. The molecule has 1 aromatic carbocycles. The molecule has 1 fully saturated rings. The second-order valence-corrected chi connectivity index (χ2v) is 6.59. The third-order valence-corrected chi connectivity index (χ3v) is 4.59. The van der Waals surface area contributed by atoms with E-state index < -0.39 is 5.97 Å². The van der Waals surface area contributed by atoms with Crippen LogP contribution >= 0.6 is 15.9 Å². The summed E-state index contributed by atoms with van der Waals surface area (Å²) in [6.45, 7) is 0.360. The van der Waals surface area contributed by atoms with E-state index in [-0.39, 0.29) is 18.0 Å². The normalized spacial score (nSPS) is 20.6. The second kappa shape index (κ2) is 8.19. The predicted molar refractivity (Wildman–Crippen MR) is 89.4 cm³/mol. The molecule has 0 aliphatic heterocycles. The lowest BCUT2D eigenvalue weighted by molar-refractivity contribution is -0.142. The average Bonchev–Trinajstić information content (AvgIpc) is 2.53. The van der Waals surface area contributed by atoms with Crippen molar-refractivity contribution in [1.29, 1.82) is 0 Å². The second-order valence-electron chi connectivity index (χ2n) is 5.67. The van der Waals surface area contributed by atoms with Crippen LogP contribution in [0.15, 0.2) is 22.7 Å². The van der Waals surface area contributed by atoms with Crippen molar-refractivity contribution in [3.8, 4) is 5.75 Å². The minimum atomic E-state index is -0.741. The van der Waals surface area contributed by atoms with Crippen LogP contribution in [0.3, 0.4) is 0 Å². The fourth-order valence-corrected chi connectivity index (χ4v) is 3.19. The summed E-state index contributed by atoms with van der Waals surface area (Å²) in [5, 5.41) is 14.7. The Kier molecular flexibility index (Phi) is 6.27. The van der Waals surface area contributed by atoms with Gasteiger partial charge in [-0.2, -0.15) is 0 Å². The summed E-state index contributed by atoms with van der Waals surface area (Å²) in [5.74, 6) is -0.299. The topological polar surface area (TPSA) is 87.7 Å². The Labute approximate surface area is 143 Å². The van der Waals surface area contributed by atoms with Crippen LogP contribution < -0.4 is 15.4 Å². The molecule has 0 heterocycles. The summed E-state index contributed by atoms with van der Waals surface area (Å²) >= 11 is 3.40. The number of nitrogens with one attached hydrogen (secondary N) is 2. The molecule has 0 atom stereocenters. The molecule has 0 aromatic heterocycles. The summed E-state index contributed by atoms with van der Waals surface area (Å²) in [5.41, 5.74) is 0.881. The lowest BCUT2D eigenvalue weighted by Crippen LogP contribution is -2.43. The van der Waals surface area contributed by atoms with Gasteiger partial charge in [0, 0.05) is 22.6 Å². The van der Waals surface area contributed by atoms with Crippen LogP contribution in [0, 0.1) is 5.92 Å². The van der Waals surface area contributed by atoms with Crippen molar-refractivity contribution in [2.75, 3.05) is 7.11 Å². The maximum atomic E-state index is 12.0. The number of amides is 2. The van der Waals surface area contributed by atoms with Gasteiger partial charge < -0.3 is 20.5 Å². The molecule has 3 N–H and O–H groups in total. The van der Waals surface area contributed by atoms with Crippen LogP contribution in [0.5, 0.6) is 5.75 Å². The third kappa shape index (κ3) is 5.13. The van der Waals surface area contributed by atoms with Crippen molar-refractivity contribution in [2.45, 2.75) is 38.3 Å². The van der Waals surface area contributed by atoms with Crippen molar-refractivity contribution in [3.63, 3.8) is 0 Å². The number of ether oxygens (including phenoxy) is 1. The number of carbonyl (C=O) groups is 2. The number of methoxy groups -OCH3 is 1. The molecule has 0 radical (unpaired) electrons. The van der Waals surface area contributed by atoms with Gasteiger partial charge in [0.2, 0.25) is 0 Å². The predicted octanol–water partition coefficient (Wildman–Crippen LogP) is 2.90. The smallest absolute Gasteiger partial charge is 0.315 e. The molecule has 1 aromatic rings. The Bertz CT molecular complexity index is 571. The Morgan fingerprint density at radius 2 is 2.00 bits per heavy atom. The highest BCUT2D eigenvalue weighted by molar-refractivity contribution is 9.10. The lowest BCUT2D eigenvalue weighted by Gasteiger charge is -2.26. The molecule has 1 saturated carbocycles. The molecule has 2 amide bonds. The van der Waals surface area contributed by atoms with Gasteiger partial charge in [0.1, 0.15) is 5.75 Å². The number of rotatable bonds is 5. The van der Waals surface area contributed by atoms with Gasteiger partial charge in [-0.15, -0.1) is 0 Å². The van der Waals surface area contributed by atoms with Crippen molar-refractivity contribution >= 4 is 27.9 Å². The molecular formula is C16H21BrN2O4. The molecular weight excluding hydrogens is 364 g/mol. The monoisotopic (exact) mass is 384 g/mol. The minimum Gasteiger partial charge on any atom is -0.496 e. The molecule has 2 rings (SSSR count). The first-order valence-corrected chi connectivity index (χ1v) is 8.38. The minimum absolute atomic E-state index is 0.0370. The summed E-state index contributed by atoms with van der Waals surface area (Å²) in [4.78, 5) is 22.9. The van der Waals surface area contributed by atoms with Gasteiger partial charge in [-0.05, 0) is 43.9 Å². The number of hydrogen-bond acceptors (Lipinski definition) is 3. The van der Waals surface area contributed by atoms with Crippen LogP contribution in [-0.4, -0.2) is 30.3 Å². The van der Waals surface area contributed by atoms with E-state index in [2.05, 4.69) is 26.6 Å². The van der Waals surface area contributed by atoms with Crippen LogP contribution in [0.2, 0.25) is 0 Å². The van der Waals surface area contributed by atoms with Gasteiger partial charge >= 0.3 is 12.0 Å². The highest BCUT2D eigenvalue weighted by atomic mass is 79.9. The molecule has 7 heteroatoms. The van der Waals surface area contributed by atoms with Gasteiger partial charge in [0.15, 0.2) is 0 Å². The summed E-state index contributed by atoms with van der Waals surface area (Å²) in [6.07, 6.45) is 2.62. The van der Waals surface area contributed by atoms with Crippen molar-refractivity contribution < 1.29 is 19.4 Å². The first kappa shape index (κ1) is 17.6. The van der Waals surface area contributed by atoms with Crippen molar-refractivity contribution in [1.82, 2.24) is 10.6 Å². The number of carbonyl (C=O) groups excluding carboxylic acids is 1. The first-order chi connectivity index (χ1) is 11.0. The van der Waals surface area contributed by atoms with E-state index in [1.54, 1.807) is 7.11 Å². The molecule has 23 heavy (non-hydrogen) atoms. The number of urea groups is 1. The van der Waals surface area contributed by atoms with Gasteiger partial charge in [-0.3, -0.25) is 4.79 Å². The molecule has 1 aliphatic carbocycles. The molecule has 0 spiro atoms. The molecule has 6 nitrogen and oxygen atoms in total. The molecule has 0 unspecified atom stereocenters. The number of halogens is 1. The highest BCUT2D eigenvalue weighted by Crippen LogP contribution is 2.25. The van der Waals surface area contributed by atoms with Gasteiger partial charge in [-0.25, -0.2) is 4.79 Å². The number of hydrogen-bond donors (Lipinski definition) is 3. The number of benzene rings is 1. The van der Waals surface area contributed by atoms with E-state index in [1.807, 2.05) is 18.2 Å². The number of carboxylic acids is 1. The third-order valence-electron chi connectivity index (χ3n) is 4.09. The zero-order valence-corrected chi connectivity index (χ0v) is 14.6. The Hall–Kier alpha value is -1.76. The van der Waals surface area contributed by atoms with E-state index in [0.29, 0.717) is 32.2 Å². The zero-order valence-electron chi connectivity index (χ0n) is 13.0. The largest absolute Gasteiger partial charge is 0.496 e. The van der Waals surface area contributed by atoms with Gasteiger partial charge in [0.25, 0.3) is 0 Å². The summed E-state index contributed by atoms with van der Waals surface area (Å²) in [7, 11) is 1.59. The van der Waals surface area contributed by atoms with Crippen molar-refractivity contribution in [2.24, 2.45) is 5.92 Å². The van der Waals surface area contributed by atoms with E-state index in [9.17, 15) is 9.59 Å². The fraction of sp³-hybridized carbons (Fsp3) is 0.500.